The first-order chi connectivity index (χ1) is 8.10. The molecule has 1 rings (SSSR count). The van der Waals surface area contributed by atoms with Crippen molar-refractivity contribution in [3.63, 3.8) is 0 Å². The fraction of sp³-hybridized carbons (Fsp3) is 0.462. The maximum absolute atomic E-state index is 11.9. The van der Waals surface area contributed by atoms with E-state index in [1.54, 1.807) is 14.2 Å². The van der Waals surface area contributed by atoms with E-state index in [2.05, 4.69) is 5.32 Å². The lowest BCUT2D eigenvalue weighted by Crippen LogP contribution is -2.27. The summed E-state index contributed by atoms with van der Waals surface area (Å²) in [5.74, 6) is 0.723. The van der Waals surface area contributed by atoms with Crippen molar-refractivity contribution < 1.29 is 14.3 Å². The first-order valence-electron chi connectivity index (χ1n) is 5.52. The number of nitrogens with one attached hydrogen (secondary N) is 1. The van der Waals surface area contributed by atoms with Gasteiger partial charge >= 0.3 is 0 Å². The normalized spacial score (nSPS) is 10.1. The Kier molecular flexibility index (Phi) is 4.97. The number of benzene rings is 1. The van der Waals surface area contributed by atoms with Crippen LogP contribution in [0.1, 0.15) is 21.5 Å². The largest absolute Gasteiger partial charge is 0.496 e. The Hall–Kier alpha value is -1.55. The molecule has 4 heteroatoms. The number of amides is 1. The molecule has 0 fully saturated rings. The summed E-state index contributed by atoms with van der Waals surface area (Å²) >= 11 is 0. The highest BCUT2D eigenvalue weighted by Crippen LogP contribution is 2.22. The number of aryl methyl sites for hydroxylation is 2. The SMILES string of the molecule is COCCNC(=O)c1cc(C)c(OC)cc1C. The van der Waals surface area contributed by atoms with Crippen LogP contribution in [-0.2, 0) is 4.74 Å². The summed E-state index contributed by atoms with van der Waals surface area (Å²) in [5, 5.41) is 2.80. The van der Waals surface area contributed by atoms with E-state index in [1.807, 2.05) is 26.0 Å². The minimum Gasteiger partial charge on any atom is -0.496 e. The van der Waals surface area contributed by atoms with E-state index in [0.29, 0.717) is 18.7 Å². The van der Waals surface area contributed by atoms with Crippen LogP contribution < -0.4 is 10.1 Å². The minimum atomic E-state index is -0.0784. The van der Waals surface area contributed by atoms with Crippen molar-refractivity contribution in [1.29, 1.82) is 0 Å². The van der Waals surface area contributed by atoms with Gasteiger partial charge in [0.15, 0.2) is 0 Å². The minimum absolute atomic E-state index is 0.0784. The van der Waals surface area contributed by atoms with Gasteiger partial charge in [-0.3, -0.25) is 4.79 Å². The third kappa shape index (κ3) is 3.46. The fourth-order valence-electron chi connectivity index (χ4n) is 1.62. The highest BCUT2D eigenvalue weighted by Gasteiger charge is 2.11. The van der Waals surface area contributed by atoms with Crippen LogP contribution in [0.2, 0.25) is 0 Å². The van der Waals surface area contributed by atoms with Gasteiger partial charge in [-0.15, -0.1) is 0 Å². The quantitative estimate of drug-likeness (QED) is 0.793. The van der Waals surface area contributed by atoms with Crippen molar-refractivity contribution in [2.24, 2.45) is 0 Å². The summed E-state index contributed by atoms with van der Waals surface area (Å²) in [7, 11) is 3.23. The summed E-state index contributed by atoms with van der Waals surface area (Å²) in [6, 6.07) is 3.72. The third-order valence-corrected chi connectivity index (χ3v) is 2.58. The molecule has 0 saturated carbocycles. The smallest absolute Gasteiger partial charge is 0.251 e. The average Bonchev–Trinajstić information content (AvgIpc) is 2.31. The van der Waals surface area contributed by atoms with Crippen LogP contribution in [0.5, 0.6) is 5.75 Å². The van der Waals surface area contributed by atoms with Crippen molar-refractivity contribution in [1.82, 2.24) is 5.32 Å². The lowest BCUT2D eigenvalue weighted by Gasteiger charge is -2.11. The lowest BCUT2D eigenvalue weighted by atomic mass is 10.0. The van der Waals surface area contributed by atoms with Crippen molar-refractivity contribution >= 4 is 5.91 Å². The Morgan fingerprint density at radius 3 is 2.53 bits per heavy atom. The van der Waals surface area contributed by atoms with Gasteiger partial charge in [0.2, 0.25) is 0 Å². The molecule has 0 atom stereocenters. The van der Waals surface area contributed by atoms with E-state index in [1.165, 1.54) is 0 Å². The molecule has 0 aliphatic heterocycles. The van der Waals surface area contributed by atoms with Crippen LogP contribution >= 0.6 is 0 Å². The van der Waals surface area contributed by atoms with E-state index in [-0.39, 0.29) is 5.91 Å². The molecule has 94 valence electrons. The molecule has 0 bridgehead atoms. The van der Waals surface area contributed by atoms with Crippen LogP contribution in [0.4, 0.5) is 0 Å². The van der Waals surface area contributed by atoms with Gasteiger partial charge in [0.05, 0.1) is 13.7 Å². The van der Waals surface area contributed by atoms with Crippen molar-refractivity contribution in [2.75, 3.05) is 27.4 Å². The molecule has 1 aromatic carbocycles. The molecule has 4 nitrogen and oxygen atoms in total. The van der Waals surface area contributed by atoms with Gasteiger partial charge in [-0.1, -0.05) is 0 Å². The number of hydrogen-bond donors (Lipinski definition) is 1. The van der Waals surface area contributed by atoms with Crippen molar-refractivity contribution in [2.45, 2.75) is 13.8 Å². The van der Waals surface area contributed by atoms with E-state index >= 15 is 0 Å². The molecule has 0 saturated heterocycles. The molecule has 0 heterocycles. The van der Waals surface area contributed by atoms with Gasteiger partial charge in [0.1, 0.15) is 5.75 Å². The standard InChI is InChI=1S/C13H19NO3/c1-9-8-12(17-4)10(2)7-11(9)13(15)14-5-6-16-3/h7-8H,5-6H2,1-4H3,(H,14,15). The Bertz CT molecular complexity index is 402. The summed E-state index contributed by atoms with van der Waals surface area (Å²) in [5.41, 5.74) is 2.54. The predicted octanol–water partition coefficient (Wildman–Crippen LogP) is 1.69. The Balaban J connectivity index is 2.83. The maximum atomic E-state index is 11.9. The predicted molar refractivity (Wildman–Crippen MR) is 66.7 cm³/mol. The molecule has 0 spiro atoms. The zero-order chi connectivity index (χ0) is 12.8. The van der Waals surface area contributed by atoms with E-state index < -0.39 is 0 Å². The first-order valence-corrected chi connectivity index (χ1v) is 5.52. The average molecular weight is 237 g/mol. The topological polar surface area (TPSA) is 47.6 Å². The Morgan fingerprint density at radius 1 is 1.24 bits per heavy atom. The number of methoxy groups -OCH3 is 2. The first kappa shape index (κ1) is 13.5. The van der Waals surface area contributed by atoms with Gasteiger partial charge in [0.25, 0.3) is 5.91 Å². The molecule has 17 heavy (non-hydrogen) atoms. The van der Waals surface area contributed by atoms with E-state index in [4.69, 9.17) is 9.47 Å². The molecule has 0 aromatic heterocycles. The molecule has 1 amide bonds. The second-order valence-corrected chi connectivity index (χ2v) is 3.89. The zero-order valence-electron chi connectivity index (χ0n) is 10.8. The highest BCUT2D eigenvalue weighted by molar-refractivity contribution is 5.96. The van der Waals surface area contributed by atoms with Crippen LogP contribution in [0, 0.1) is 13.8 Å². The van der Waals surface area contributed by atoms with Crippen LogP contribution in [0.3, 0.4) is 0 Å². The number of carbonyl (C=O) groups is 1. The van der Waals surface area contributed by atoms with E-state index in [9.17, 15) is 4.79 Å². The molecular formula is C13H19NO3. The third-order valence-electron chi connectivity index (χ3n) is 2.58. The zero-order valence-corrected chi connectivity index (χ0v) is 10.8. The van der Waals surface area contributed by atoms with Gasteiger partial charge in [0, 0.05) is 19.2 Å². The second kappa shape index (κ2) is 6.25. The Morgan fingerprint density at radius 2 is 1.94 bits per heavy atom. The summed E-state index contributed by atoms with van der Waals surface area (Å²) < 4.78 is 10.1. The maximum Gasteiger partial charge on any atom is 0.251 e. The number of carbonyl (C=O) groups excluding carboxylic acids is 1. The molecule has 1 aromatic rings. The Labute approximate surface area is 102 Å². The van der Waals surface area contributed by atoms with E-state index in [0.717, 1.165) is 16.9 Å². The van der Waals surface area contributed by atoms with Crippen LogP contribution in [0.25, 0.3) is 0 Å². The molecule has 0 radical (unpaired) electrons. The molecule has 0 unspecified atom stereocenters. The van der Waals surface area contributed by atoms with Gasteiger partial charge < -0.3 is 14.8 Å². The number of hydrogen-bond acceptors (Lipinski definition) is 3. The number of ether oxygens (including phenoxy) is 2. The molecular weight excluding hydrogens is 218 g/mol. The molecule has 0 aliphatic rings. The van der Waals surface area contributed by atoms with Crippen LogP contribution in [0.15, 0.2) is 12.1 Å². The van der Waals surface area contributed by atoms with Gasteiger partial charge in [-0.25, -0.2) is 0 Å². The molecule has 0 aliphatic carbocycles. The van der Waals surface area contributed by atoms with Crippen molar-refractivity contribution in [3.05, 3.63) is 28.8 Å². The van der Waals surface area contributed by atoms with Gasteiger partial charge in [-0.2, -0.15) is 0 Å². The number of rotatable bonds is 5. The molecule has 1 N–H and O–H groups in total. The summed E-state index contributed by atoms with van der Waals surface area (Å²) in [6.07, 6.45) is 0. The van der Waals surface area contributed by atoms with Crippen LogP contribution in [-0.4, -0.2) is 33.3 Å². The monoisotopic (exact) mass is 237 g/mol. The summed E-state index contributed by atoms with van der Waals surface area (Å²) in [4.78, 5) is 11.9. The summed E-state index contributed by atoms with van der Waals surface area (Å²) in [6.45, 7) is 4.84. The van der Waals surface area contributed by atoms with Gasteiger partial charge in [-0.05, 0) is 37.1 Å². The lowest BCUT2D eigenvalue weighted by molar-refractivity contribution is 0.0936. The van der Waals surface area contributed by atoms with Crippen molar-refractivity contribution in [3.8, 4) is 5.75 Å². The highest BCUT2D eigenvalue weighted by atomic mass is 16.5. The fourth-order valence-corrected chi connectivity index (χ4v) is 1.62. The second-order valence-electron chi connectivity index (χ2n) is 3.89.